The number of methoxy groups -OCH3 is 1. The number of benzene rings is 3. The van der Waals surface area contributed by atoms with Crippen molar-refractivity contribution in [3.63, 3.8) is 0 Å². The van der Waals surface area contributed by atoms with Crippen LogP contribution in [0.4, 0.5) is 10.1 Å². The maximum Gasteiger partial charge on any atom is 0.241 e. The van der Waals surface area contributed by atoms with Crippen LogP contribution >= 0.6 is 0 Å². The summed E-state index contributed by atoms with van der Waals surface area (Å²) in [6.45, 7) is 5.07. The van der Waals surface area contributed by atoms with Gasteiger partial charge in [-0.15, -0.1) is 0 Å². The van der Waals surface area contributed by atoms with Crippen molar-refractivity contribution >= 4 is 25.5 Å². The average molecular weight is 547 g/mol. The smallest absolute Gasteiger partial charge is 0.241 e. The first-order valence-corrected chi connectivity index (χ1v) is 15.0. The topological polar surface area (TPSA) is 92.8 Å². The predicted molar refractivity (Wildman–Crippen MR) is 141 cm³/mol. The van der Waals surface area contributed by atoms with Crippen molar-refractivity contribution in [2.75, 3.05) is 25.1 Å². The Morgan fingerprint density at radius 2 is 1.49 bits per heavy atom. The van der Waals surface area contributed by atoms with Gasteiger partial charge >= 0.3 is 0 Å². The van der Waals surface area contributed by atoms with Crippen LogP contribution in [-0.2, 0) is 19.9 Å². The zero-order valence-electron chi connectivity index (χ0n) is 21.0. The van der Waals surface area contributed by atoms with E-state index in [1.54, 1.807) is 13.2 Å². The Kier molecular flexibility index (Phi) is 7.91. The standard InChI is InChI=1S/C27H31FN2O5S2/c1-19(2)26-13-12-25(36(31,32)24-10-4-20(28)5-11-24)18-27(26)37(33,34)29-21-14-16-30(17-15-21)22-6-8-23(35-3)9-7-22/h4-13,18-19,21,29H,14-17H2,1-3H3. The number of rotatable bonds is 8. The highest BCUT2D eigenvalue weighted by Crippen LogP contribution is 2.30. The Bertz CT molecular complexity index is 1450. The first-order chi connectivity index (χ1) is 17.5. The molecule has 0 amide bonds. The number of sulfonamides is 1. The maximum absolute atomic E-state index is 13.5. The van der Waals surface area contributed by atoms with E-state index in [1.807, 2.05) is 38.1 Å². The van der Waals surface area contributed by atoms with Crippen LogP contribution in [0.15, 0.2) is 81.4 Å². The van der Waals surface area contributed by atoms with Crippen LogP contribution < -0.4 is 14.4 Å². The second-order valence-electron chi connectivity index (χ2n) is 9.39. The van der Waals surface area contributed by atoms with Crippen LogP contribution in [0, 0.1) is 5.82 Å². The SMILES string of the molecule is COc1ccc(N2CCC(NS(=O)(=O)c3cc(S(=O)(=O)c4ccc(F)cc4)ccc3C(C)C)CC2)cc1. The van der Waals surface area contributed by atoms with Crippen molar-refractivity contribution in [3.05, 3.63) is 78.1 Å². The Labute approximate surface area is 218 Å². The fourth-order valence-electron chi connectivity index (χ4n) is 4.47. The molecule has 1 aliphatic heterocycles. The van der Waals surface area contributed by atoms with E-state index in [1.165, 1.54) is 24.3 Å². The van der Waals surface area contributed by atoms with Crippen molar-refractivity contribution < 1.29 is 26.0 Å². The maximum atomic E-state index is 13.5. The summed E-state index contributed by atoms with van der Waals surface area (Å²) in [6, 6.07) is 16.1. The summed E-state index contributed by atoms with van der Waals surface area (Å²) in [7, 11) is -6.42. The molecule has 0 aliphatic carbocycles. The van der Waals surface area contributed by atoms with Crippen LogP contribution in [-0.4, -0.2) is 43.1 Å². The largest absolute Gasteiger partial charge is 0.497 e. The Balaban J connectivity index is 1.55. The summed E-state index contributed by atoms with van der Waals surface area (Å²) in [4.78, 5) is 1.88. The van der Waals surface area contributed by atoms with E-state index in [2.05, 4.69) is 9.62 Å². The second kappa shape index (κ2) is 10.8. The van der Waals surface area contributed by atoms with Gasteiger partial charge in [-0.05, 0) is 85.0 Å². The van der Waals surface area contributed by atoms with Gasteiger partial charge in [-0.1, -0.05) is 19.9 Å². The van der Waals surface area contributed by atoms with Gasteiger partial charge in [-0.3, -0.25) is 0 Å². The summed E-state index contributed by atoms with van der Waals surface area (Å²) in [5.74, 6) is 0.0710. The van der Waals surface area contributed by atoms with Crippen molar-refractivity contribution in [3.8, 4) is 5.75 Å². The first kappa shape index (κ1) is 27.1. The Morgan fingerprint density at radius 1 is 0.892 bits per heavy atom. The van der Waals surface area contributed by atoms with E-state index in [0.717, 1.165) is 23.6 Å². The minimum atomic E-state index is -4.03. The summed E-state index contributed by atoms with van der Waals surface area (Å²) in [5.41, 5.74) is 1.57. The van der Waals surface area contributed by atoms with E-state index < -0.39 is 25.7 Å². The monoisotopic (exact) mass is 546 g/mol. The van der Waals surface area contributed by atoms with Gasteiger partial charge in [0.15, 0.2) is 0 Å². The highest BCUT2D eigenvalue weighted by atomic mass is 32.2. The summed E-state index contributed by atoms with van der Waals surface area (Å²) >= 11 is 0. The normalized spacial score (nSPS) is 15.2. The van der Waals surface area contributed by atoms with E-state index in [9.17, 15) is 21.2 Å². The quantitative estimate of drug-likeness (QED) is 0.411. The lowest BCUT2D eigenvalue weighted by Crippen LogP contribution is -2.44. The Hall–Kier alpha value is -2.95. The van der Waals surface area contributed by atoms with E-state index in [-0.39, 0.29) is 26.6 Å². The zero-order chi connectivity index (χ0) is 26.8. The number of halogens is 1. The van der Waals surface area contributed by atoms with Crippen LogP contribution in [0.1, 0.15) is 38.2 Å². The molecule has 0 saturated carbocycles. The number of piperidine rings is 1. The molecule has 198 valence electrons. The molecule has 1 aliphatic rings. The third-order valence-electron chi connectivity index (χ3n) is 6.59. The molecule has 37 heavy (non-hydrogen) atoms. The molecule has 1 heterocycles. The van der Waals surface area contributed by atoms with Crippen LogP contribution in [0.5, 0.6) is 5.75 Å². The van der Waals surface area contributed by atoms with E-state index in [0.29, 0.717) is 31.5 Å². The summed E-state index contributed by atoms with van der Waals surface area (Å²) in [5, 5.41) is 0. The number of hydrogen-bond donors (Lipinski definition) is 1. The second-order valence-corrected chi connectivity index (χ2v) is 13.0. The fraction of sp³-hybridized carbons (Fsp3) is 0.333. The lowest BCUT2D eigenvalue weighted by molar-refractivity contribution is 0.414. The molecule has 3 aromatic rings. The minimum absolute atomic E-state index is 0.0525. The fourth-order valence-corrected chi connectivity index (χ4v) is 7.53. The number of nitrogens with zero attached hydrogens (tertiary/aromatic N) is 1. The van der Waals surface area contributed by atoms with Crippen molar-refractivity contribution in [1.29, 1.82) is 0 Å². The summed E-state index contributed by atoms with van der Waals surface area (Å²) < 4.78 is 74.7. The van der Waals surface area contributed by atoms with Crippen LogP contribution in [0.25, 0.3) is 0 Å². The number of sulfone groups is 1. The van der Waals surface area contributed by atoms with Crippen molar-refractivity contribution in [2.24, 2.45) is 0 Å². The molecule has 1 N–H and O–H groups in total. The molecule has 1 saturated heterocycles. The van der Waals surface area contributed by atoms with Gasteiger partial charge in [-0.25, -0.2) is 25.9 Å². The molecule has 0 bridgehead atoms. The number of hydrogen-bond acceptors (Lipinski definition) is 6. The van der Waals surface area contributed by atoms with Gasteiger partial charge in [0.05, 0.1) is 21.8 Å². The Morgan fingerprint density at radius 3 is 2.05 bits per heavy atom. The molecule has 3 aromatic carbocycles. The number of ether oxygens (including phenoxy) is 1. The highest BCUT2D eigenvalue weighted by molar-refractivity contribution is 7.91. The van der Waals surface area contributed by atoms with Gasteiger partial charge in [-0.2, -0.15) is 0 Å². The van der Waals surface area contributed by atoms with Gasteiger partial charge < -0.3 is 9.64 Å². The highest BCUT2D eigenvalue weighted by Gasteiger charge is 2.29. The van der Waals surface area contributed by atoms with E-state index in [4.69, 9.17) is 4.74 Å². The number of nitrogens with one attached hydrogen (secondary N) is 1. The molecule has 0 atom stereocenters. The van der Waals surface area contributed by atoms with Gasteiger partial charge in [0.2, 0.25) is 19.9 Å². The van der Waals surface area contributed by atoms with Gasteiger partial charge in [0.1, 0.15) is 11.6 Å². The molecule has 4 rings (SSSR count). The van der Waals surface area contributed by atoms with Crippen LogP contribution in [0.3, 0.4) is 0 Å². The van der Waals surface area contributed by atoms with Crippen LogP contribution in [0.2, 0.25) is 0 Å². The molecule has 0 unspecified atom stereocenters. The first-order valence-electron chi connectivity index (χ1n) is 12.1. The molecule has 0 spiro atoms. The molecular formula is C27H31FN2O5S2. The van der Waals surface area contributed by atoms with Gasteiger partial charge in [0.25, 0.3) is 0 Å². The lowest BCUT2D eigenvalue weighted by Gasteiger charge is -2.34. The number of anilines is 1. The molecule has 10 heteroatoms. The molecule has 1 fully saturated rings. The molecule has 0 aromatic heterocycles. The average Bonchev–Trinajstić information content (AvgIpc) is 2.89. The third kappa shape index (κ3) is 5.97. The molecular weight excluding hydrogens is 515 g/mol. The van der Waals surface area contributed by atoms with Crippen molar-refractivity contribution in [2.45, 2.75) is 53.3 Å². The molecule has 0 radical (unpaired) electrons. The summed E-state index contributed by atoms with van der Waals surface area (Å²) in [6.07, 6.45) is 1.21. The predicted octanol–water partition coefficient (Wildman–Crippen LogP) is 4.74. The minimum Gasteiger partial charge on any atom is -0.497 e. The van der Waals surface area contributed by atoms with E-state index >= 15 is 0 Å². The third-order valence-corrected chi connectivity index (χ3v) is 9.93. The lowest BCUT2D eigenvalue weighted by atomic mass is 10.0. The molecule has 7 nitrogen and oxygen atoms in total. The van der Waals surface area contributed by atoms with Gasteiger partial charge in [0, 0.05) is 24.8 Å². The zero-order valence-corrected chi connectivity index (χ0v) is 22.6. The van der Waals surface area contributed by atoms with Crippen molar-refractivity contribution in [1.82, 2.24) is 4.72 Å².